The molecule has 2 aliphatic rings. The van der Waals surface area contributed by atoms with E-state index in [-0.39, 0.29) is 17.9 Å². The van der Waals surface area contributed by atoms with E-state index < -0.39 is 6.04 Å². The van der Waals surface area contributed by atoms with Crippen molar-refractivity contribution < 1.29 is 19.1 Å². The van der Waals surface area contributed by atoms with Gasteiger partial charge in [0.1, 0.15) is 17.5 Å². The van der Waals surface area contributed by atoms with E-state index in [1.165, 1.54) is 24.2 Å². The lowest BCUT2D eigenvalue weighted by Gasteiger charge is -2.14. The van der Waals surface area contributed by atoms with Crippen molar-refractivity contribution in [2.75, 3.05) is 6.61 Å². The second kappa shape index (κ2) is 9.70. The zero-order valence-corrected chi connectivity index (χ0v) is 18.7. The van der Waals surface area contributed by atoms with Gasteiger partial charge in [0.05, 0.1) is 16.5 Å². The fourth-order valence-corrected chi connectivity index (χ4v) is 3.96. The number of rotatable bonds is 9. The minimum atomic E-state index is -0.443. The van der Waals surface area contributed by atoms with Crippen LogP contribution < -0.4 is 20.1 Å². The molecule has 2 heterocycles. The Bertz CT molecular complexity index is 989. The molecule has 2 amide bonds. The minimum Gasteiger partial charge on any atom is -0.493 e. The second-order valence-corrected chi connectivity index (χ2v) is 9.22. The van der Waals surface area contributed by atoms with E-state index in [9.17, 15) is 9.59 Å². The number of nitrogens with zero attached hydrogens (tertiary/aromatic N) is 1. The topological polar surface area (TPSA) is 89.6 Å². The molecule has 9 heteroatoms. The molecule has 2 atom stereocenters. The van der Waals surface area contributed by atoms with Gasteiger partial charge in [0.25, 0.3) is 5.19 Å². The SMILES string of the molecule is C[C@@H](C=Cc1cnc(Oc2ccc(OCC3CC3)cc2Cl)s1)NC(=O)[C@@H]1CCC(=O)N1. The van der Waals surface area contributed by atoms with Gasteiger partial charge in [-0.15, -0.1) is 0 Å². The molecule has 0 spiro atoms. The highest BCUT2D eigenvalue weighted by atomic mass is 35.5. The minimum absolute atomic E-state index is 0.0824. The van der Waals surface area contributed by atoms with Crippen molar-refractivity contribution >= 4 is 40.8 Å². The largest absolute Gasteiger partial charge is 0.493 e. The number of carbonyl (C=O) groups excluding carboxylic acids is 2. The molecule has 1 saturated heterocycles. The maximum Gasteiger partial charge on any atom is 0.279 e. The highest BCUT2D eigenvalue weighted by molar-refractivity contribution is 7.14. The standard InChI is InChI=1S/C22H24ClN3O4S/c1-13(25-21(28)18-7-9-20(27)26-18)2-6-16-11-24-22(31-16)30-19-8-5-15(10-17(19)23)29-12-14-3-4-14/h2,5-6,8,10-11,13-14,18H,3-4,7,9,12H2,1H3,(H,25,28)(H,26,27)/t13-,18-/m0/s1. The Morgan fingerprint density at radius 3 is 2.97 bits per heavy atom. The molecule has 0 unspecified atom stereocenters. The number of nitrogens with one attached hydrogen (secondary N) is 2. The zero-order chi connectivity index (χ0) is 21.8. The van der Waals surface area contributed by atoms with Crippen molar-refractivity contribution in [3.8, 4) is 16.7 Å². The van der Waals surface area contributed by atoms with Crippen LogP contribution in [-0.2, 0) is 9.59 Å². The molecule has 7 nitrogen and oxygen atoms in total. The number of hydrogen-bond donors (Lipinski definition) is 2. The number of thiazole rings is 1. The second-order valence-electron chi connectivity index (χ2n) is 7.79. The Labute approximate surface area is 189 Å². The van der Waals surface area contributed by atoms with Crippen LogP contribution in [0, 0.1) is 5.92 Å². The van der Waals surface area contributed by atoms with Gasteiger partial charge in [0.2, 0.25) is 11.8 Å². The van der Waals surface area contributed by atoms with Crippen molar-refractivity contribution in [3.63, 3.8) is 0 Å². The Hall–Kier alpha value is -2.58. The average Bonchev–Trinajstić information content (AvgIpc) is 3.29. The molecule has 164 valence electrons. The number of carbonyl (C=O) groups is 2. The molecule has 31 heavy (non-hydrogen) atoms. The third kappa shape index (κ3) is 6.21. The Kier molecular flexibility index (Phi) is 6.77. The molecule has 1 saturated carbocycles. The Morgan fingerprint density at radius 1 is 1.42 bits per heavy atom. The predicted molar refractivity (Wildman–Crippen MR) is 120 cm³/mol. The maximum atomic E-state index is 12.1. The van der Waals surface area contributed by atoms with Crippen molar-refractivity contribution in [1.29, 1.82) is 0 Å². The molecule has 0 bridgehead atoms. The van der Waals surface area contributed by atoms with E-state index in [2.05, 4.69) is 15.6 Å². The summed E-state index contributed by atoms with van der Waals surface area (Å²) in [6.45, 7) is 2.60. The summed E-state index contributed by atoms with van der Waals surface area (Å²) < 4.78 is 11.5. The summed E-state index contributed by atoms with van der Waals surface area (Å²) in [4.78, 5) is 28.5. The van der Waals surface area contributed by atoms with Crippen LogP contribution in [0.25, 0.3) is 6.08 Å². The van der Waals surface area contributed by atoms with Gasteiger partial charge in [-0.25, -0.2) is 4.98 Å². The molecule has 2 aromatic rings. The van der Waals surface area contributed by atoms with Crippen molar-refractivity contribution in [1.82, 2.24) is 15.6 Å². The summed E-state index contributed by atoms with van der Waals surface area (Å²) in [6, 6.07) is 4.75. The third-order valence-corrected chi connectivity index (χ3v) is 6.15. The lowest BCUT2D eigenvalue weighted by atomic mass is 10.2. The fraction of sp³-hybridized carbons (Fsp3) is 0.409. The number of amides is 2. The highest BCUT2D eigenvalue weighted by Crippen LogP contribution is 2.35. The number of ether oxygens (including phenoxy) is 2. The van der Waals surface area contributed by atoms with Gasteiger partial charge in [-0.1, -0.05) is 29.0 Å². The molecule has 2 N–H and O–H groups in total. The van der Waals surface area contributed by atoms with Crippen LogP contribution >= 0.6 is 22.9 Å². The van der Waals surface area contributed by atoms with Crippen LogP contribution in [-0.4, -0.2) is 35.5 Å². The van der Waals surface area contributed by atoms with Gasteiger partial charge in [-0.3, -0.25) is 9.59 Å². The quantitative estimate of drug-likeness (QED) is 0.584. The molecule has 1 aliphatic heterocycles. The van der Waals surface area contributed by atoms with E-state index in [0.717, 1.165) is 17.2 Å². The van der Waals surface area contributed by atoms with E-state index in [4.69, 9.17) is 21.1 Å². The molecular weight excluding hydrogens is 438 g/mol. The first-order valence-electron chi connectivity index (χ1n) is 10.3. The lowest BCUT2D eigenvalue weighted by molar-refractivity contribution is -0.126. The first-order valence-corrected chi connectivity index (χ1v) is 11.5. The van der Waals surface area contributed by atoms with Gasteiger partial charge in [-0.05, 0) is 50.3 Å². The molecule has 4 rings (SSSR count). The first-order chi connectivity index (χ1) is 15.0. The summed E-state index contributed by atoms with van der Waals surface area (Å²) >= 11 is 7.69. The van der Waals surface area contributed by atoms with E-state index in [1.54, 1.807) is 18.3 Å². The van der Waals surface area contributed by atoms with Gasteiger partial charge < -0.3 is 20.1 Å². The van der Waals surface area contributed by atoms with Crippen molar-refractivity contribution in [2.45, 2.75) is 44.7 Å². The van der Waals surface area contributed by atoms with E-state index in [1.807, 2.05) is 25.1 Å². The predicted octanol–water partition coefficient (Wildman–Crippen LogP) is 4.17. The van der Waals surface area contributed by atoms with Crippen LogP contribution in [0.4, 0.5) is 0 Å². The van der Waals surface area contributed by atoms with Crippen molar-refractivity contribution in [2.24, 2.45) is 5.92 Å². The number of halogens is 1. The molecule has 1 aliphatic carbocycles. The summed E-state index contributed by atoms with van der Waals surface area (Å²) in [6.07, 6.45) is 8.84. The molecule has 2 fully saturated rings. The summed E-state index contributed by atoms with van der Waals surface area (Å²) in [5.74, 6) is 1.68. The van der Waals surface area contributed by atoms with Gasteiger partial charge in [-0.2, -0.15) is 0 Å². The van der Waals surface area contributed by atoms with Crippen LogP contribution in [0.5, 0.6) is 16.7 Å². The molecular formula is C22H24ClN3O4S. The molecule has 0 radical (unpaired) electrons. The molecule has 1 aromatic carbocycles. The van der Waals surface area contributed by atoms with Gasteiger partial charge >= 0.3 is 0 Å². The van der Waals surface area contributed by atoms with Crippen LogP contribution in [0.15, 0.2) is 30.5 Å². The lowest BCUT2D eigenvalue weighted by Crippen LogP contribution is -2.44. The summed E-state index contributed by atoms with van der Waals surface area (Å²) in [5.41, 5.74) is 0. The monoisotopic (exact) mass is 461 g/mol. The average molecular weight is 462 g/mol. The molecule has 1 aromatic heterocycles. The van der Waals surface area contributed by atoms with E-state index >= 15 is 0 Å². The summed E-state index contributed by atoms with van der Waals surface area (Å²) in [7, 11) is 0. The smallest absolute Gasteiger partial charge is 0.279 e. The highest BCUT2D eigenvalue weighted by Gasteiger charge is 2.27. The van der Waals surface area contributed by atoms with Gasteiger partial charge in [0.15, 0.2) is 0 Å². The maximum absolute atomic E-state index is 12.1. The third-order valence-electron chi connectivity index (χ3n) is 5.02. The number of aromatic nitrogens is 1. The Balaban J connectivity index is 1.28. The number of benzene rings is 1. The van der Waals surface area contributed by atoms with Crippen LogP contribution in [0.1, 0.15) is 37.5 Å². The van der Waals surface area contributed by atoms with Gasteiger partial charge in [0, 0.05) is 24.7 Å². The van der Waals surface area contributed by atoms with Crippen molar-refractivity contribution in [3.05, 3.63) is 40.4 Å². The number of hydrogen-bond acceptors (Lipinski definition) is 6. The van der Waals surface area contributed by atoms with Crippen LogP contribution in [0.3, 0.4) is 0 Å². The van der Waals surface area contributed by atoms with Crippen LogP contribution in [0.2, 0.25) is 5.02 Å². The Morgan fingerprint density at radius 2 is 2.26 bits per heavy atom. The first kappa shape index (κ1) is 21.6. The zero-order valence-electron chi connectivity index (χ0n) is 17.1. The normalized spacial score (nSPS) is 19.3. The summed E-state index contributed by atoms with van der Waals surface area (Å²) in [5, 5.41) is 6.48. The van der Waals surface area contributed by atoms with E-state index in [0.29, 0.717) is 34.7 Å². The fourth-order valence-electron chi connectivity index (χ4n) is 3.06.